The van der Waals surface area contributed by atoms with E-state index in [0.717, 1.165) is 4.57 Å². The van der Waals surface area contributed by atoms with Crippen molar-refractivity contribution in [3.8, 4) is 5.88 Å². The molecule has 2 heterocycles. The fraction of sp³-hybridized carbons (Fsp3) is 0.176. The molecule has 0 aliphatic rings. The minimum Gasteiger partial charge on any atom is -0.494 e. The Bertz CT molecular complexity index is 1100. The zero-order valence-electron chi connectivity index (χ0n) is 14.7. The normalized spacial score (nSPS) is 10.9. The number of benzene rings is 1. The third kappa shape index (κ3) is 3.14. The summed E-state index contributed by atoms with van der Waals surface area (Å²) in [5, 5.41) is 16.9. The van der Waals surface area contributed by atoms with Crippen LogP contribution in [0, 0.1) is 6.92 Å². The molecule has 2 aromatic heterocycles. The number of anilines is 1. The molecule has 3 rings (SSSR count). The van der Waals surface area contributed by atoms with Crippen molar-refractivity contribution in [3.63, 3.8) is 0 Å². The van der Waals surface area contributed by atoms with Crippen LogP contribution in [-0.2, 0) is 0 Å². The molecule has 140 valence electrons. The van der Waals surface area contributed by atoms with Gasteiger partial charge in [0.1, 0.15) is 11.3 Å². The first-order valence-corrected chi connectivity index (χ1v) is 8.97. The van der Waals surface area contributed by atoms with E-state index in [1.54, 1.807) is 25.3 Å². The summed E-state index contributed by atoms with van der Waals surface area (Å²) in [5.74, 6) is -1.09. The van der Waals surface area contributed by atoms with E-state index in [2.05, 4.69) is 10.5 Å². The van der Waals surface area contributed by atoms with E-state index in [-0.39, 0.29) is 33.6 Å². The predicted molar refractivity (Wildman–Crippen MR) is 99.6 cm³/mol. The molecular weight excluding hydrogens is 372 g/mol. The number of hydrogen-bond donors (Lipinski definition) is 3. The van der Waals surface area contributed by atoms with Gasteiger partial charge in [0.2, 0.25) is 5.88 Å². The fourth-order valence-electron chi connectivity index (χ4n) is 2.81. The summed E-state index contributed by atoms with van der Waals surface area (Å²) in [4.78, 5) is 37.5. The van der Waals surface area contributed by atoms with E-state index >= 15 is 0 Å². The van der Waals surface area contributed by atoms with E-state index in [1.807, 2.05) is 0 Å². The predicted octanol–water partition coefficient (Wildman–Crippen LogP) is 2.75. The molecule has 4 N–H and O–H groups in total. The fourth-order valence-corrected chi connectivity index (χ4v) is 3.28. The Labute approximate surface area is 157 Å². The van der Waals surface area contributed by atoms with Gasteiger partial charge in [0.15, 0.2) is 11.6 Å². The van der Waals surface area contributed by atoms with Crippen LogP contribution in [-0.4, -0.2) is 38.8 Å². The standard InChI is InChI=1S/C17H16N4O5S/c1-7-4-12(20-26-7)19-15(23)13-11-6-9(27-3)5-10(8(2)22)14(11)21(16(13)24)17(18)25/h4-6,24H,1-3H3,(H2,18,25)(H,19,20,23). The number of nitrogens with one attached hydrogen (secondary N) is 1. The number of rotatable bonds is 4. The average molecular weight is 388 g/mol. The number of carbonyl (C=O) groups excluding carboxylic acids is 3. The van der Waals surface area contributed by atoms with E-state index in [9.17, 15) is 19.5 Å². The van der Waals surface area contributed by atoms with E-state index in [1.165, 1.54) is 24.8 Å². The van der Waals surface area contributed by atoms with Gasteiger partial charge in [-0.25, -0.2) is 9.36 Å². The van der Waals surface area contributed by atoms with Crippen LogP contribution in [0.5, 0.6) is 5.88 Å². The lowest BCUT2D eigenvalue weighted by atomic mass is 10.1. The molecular formula is C17H16N4O5S. The number of aromatic hydroxyl groups is 1. The summed E-state index contributed by atoms with van der Waals surface area (Å²) in [6.07, 6.45) is 1.80. The van der Waals surface area contributed by atoms with Crippen LogP contribution in [0.25, 0.3) is 10.9 Å². The highest BCUT2D eigenvalue weighted by Crippen LogP contribution is 2.36. The van der Waals surface area contributed by atoms with Gasteiger partial charge in [-0.05, 0) is 32.2 Å². The molecule has 9 nitrogen and oxygen atoms in total. The summed E-state index contributed by atoms with van der Waals surface area (Å²) in [6.45, 7) is 2.98. The largest absolute Gasteiger partial charge is 0.494 e. The van der Waals surface area contributed by atoms with Crippen molar-refractivity contribution < 1.29 is 24.0 Å². The highest BCUT2D eigenvalue weighted by molar-refractivity contribution is 7.98. The molecule has 0 radical (unpaired) electrons. The van der Waals surface area contributed by atoms with Crippen molar-refractivity contribution in [2.75, 3.05) is 11.6 Å². The first-order valence-electron chi connectivity index (χ1n) is 7.75. The number of nitrogens with zero attached hydrogens (tertiary/aromatic N) is 2. The number of aryl methyl sites for hydroxylation is 1. The molecule has 0 bridgehead atoms. The van der Waals surface area contributed by atoms with Crippen LogP contribution in [0.2, 0.25) is 0 Å². The Morgan fingerprint density at radius 3 is 2.52 bits per heavy atom. The van der Waals surface area contributed by atoms with Crippen molar-refractivity contribution in [1.29, 1.82) is 0 Å². The number of hydrogen-bond acceptors (Lipinski definition) is 7. The van der Waals surface area contributed by atoms with E-state index in [4.69, 9.17) is 10.3 Å². The van der Waals surface area contributed by atoms with Crippen LogP contribution in [0.1, 0.15) is 33.4 Å². The molecule has 0 fully saturated rings. The maximum absolute atomic E-state index is 12.8. The van der Waals surface area contributed by atoms with Crippen LogP contribution >= 0.6 is 11.8 Å². The summed E-state index contributed by atoms with van der Waals surface area (Å²) >= 11 is 1.35. The molecule has 3 aromatic rings. The molecule has 0 aliphatic carbocycles. The lowest BCUT2D eigenvalue weighted by Crippen LogP contribution is -2.20. The van der Waals surface area contributed by atoms with E-state index in [0.29, 0.717) is 10.7 Å². The second-order valence-electron chi connectivity index (χ2n) is 5.78. The molecule has 1 aromatic carbocycles. The van der Waals surface area contributed by atoms with Crippen molar-refractivity contribution in [1.82, 2.24) is 9.72 Å². The SMILES string of the molecule is CSc1cc(C(C)=O)c2c(c1)c(C(=O)Nc1cc(C)on1)c(O)n2C(N)=O. The van der Waals surface area contributed by atoms with Crippen molar-refractivity contribution in [3.05, 3.63) is 35.1 Å². The monoisotopic (exact) mass is 388 g/mol. The van der Waals surface area contributed by atoms with Crippen LogP contribution in [0.15, 0.2) is 27.6 Å². The van der Waals surface area contributed by atoms with Gasteiger partial charge in [0.25, 0.3) is 5.91 Å². The number of primary amides is 1. The lowest BCUT2D eigenvalue weighted by Gasteiger charge is -2.06. The van der Waals surface area contributed by atoms with E-state index < -0.39 is 17.8 Å². The topological polar surface area (TPSA) is 140 Å². The third-order valence-electron chi connectivity index (χ3n) is 3.94. The van der Waals surface area contributed by atoms with Gasteiger partial charge >= 0.3 is 6.03 Å². The first-order chi connectivity index (χ1) is 12.7. The van der Waals surface area contributed by atoms with Gasteiger partial charge in [-0.2, -0.15) is 0 Å². The molecule has 10 heteroatoms. The molecule has 0 saturated heterocycles. The second-order valence-corrected chi connectivity index (χ2v) is 6.66. The highest BCUT2D eigenvalue weighted by Gasteiger charge is 2.28. The zero-order chi connectivity index (χ0) is 19.9. The molecule has 0 unspecified atom stereocenters. The lowest BCUT2D eigenvalue weighted by molar-refractivity contribution is 0.101. The zero-order valence-corrected chi connectivity index (χ0v) is 15.5. The van der Waals surface area contributed by atoms with Gasteiger partial charge in [-0.15, -0.1) is 11.8 Å². The maximum Gasteiger partial charge on any atom is 0.326 e. The summed E-state index contributed by atoms with van der Waals surface area (Å²) in [7, 11) is 0. The van der Waals surface area contributed by atoms with Gasteiger partial charge < -0.3 is 20.7 Å². The number of ketones is 1. The summed E-state index contributed by atoms with van der Waals surface area (Å²) < 4.78 is 5.64. The van der Waals surface area contributed by atoms with Gasteiger partial charge in [0, 0.05) is 21.9 Å². The average Bonchev–Trinajstić information content (AvgIpc) is 3.13. The number of thioether (sulfide) groups is 1. The second kappa shape index (κ2) is 6.80. The molecule has 0 saturated carbocycles. The Morgan fingerprint density at radius 2 is 2.00 bits per heavy atom. The summed E-state index contributed by atoms with van der Waals surface area (Å²) in [5.41, 5.74) is 5.43. The van der Waals surface area contributed by atoms with Gasteiger partial charge in [0.05, 0.1) is 5.52 Å². The number of Topliss-reactive ketones (excluding diaryl/α,β-unsaturated/α-hetero) is 1. The molecule has 0 atom stereocenters. The van der Waals surface area contributed by atoms with Crippen molar-refractivity contribution in [2.45, 2.75) is 18.7 Å². The first kappa shape index (κ1) is 18.5. The van der Waals surface area contributed by atoms with Crippen LogP contribution < -0.4 is 11.1 Å². The maximum atomic E-state index is 12.8. The smallest absolute Gasteiger partial charge is 0.326 e. The molecule has 2 amide bonds. The Kier molecular flexibility index (Phi) is 4.66. The Morgan fingerprint density at radius 1 is 1.30 bits per heavy atom. The highest BCUT2D eigenvalue weighted by atomic mass is 32.2. The summed E-state index contributed by atoms with van der Waals surface area (Å²) in [6, 6.07) is 3.66. The number of carbonyl (C=O) groups is 3. The number of nitrogens with two attached hydrogens (primary N) is 1. The quantitative estimate of drug-likeness (QED) is 0.461. The molecule has 0 spiro atoms. The molecule has 27 heavy (non-hydrogen) atoms. The third-order valence-corrected chi connectivity index (χ3v) is 4.65. The van der Waals surface area contributed by atoms with Crippen molar-refractivity contribution in [2.24, 2.45) is 5.73 Å². The minimum atomic E-state index is -1.02. The van der Waals surface area contributed by atoms with Gasteiger partial charge in [-0.3, -0.25) is 9.59 Å². The number of aromatic nitrogens is 2. The minimum absolute atomic E-state index is 0.0757. The van der Waals surface area contributed by atoms with Crippen molar-refractivity contribution >= 4 is 46.2 Å². The molecule has 0 aliphatic heterocycles. The Balaban J connectivity index is 2.30. The Hall–Kier alpha value is -3.27. The number of fused-ring (bicyclic) bond motifs is 1. The van der Waals surface area contributed by atoms with Crippen LogP contribution in [0.4, 0.5) is 10.6 Å². The number of amides is 2. The van der Waals surface area contributed by atoms with Crippen LogP contribution in [0.3, 0.4) is 0 Å². The van der Waals surface area contributed by atoms with Gasteiger partial charge in [-0.1, -0.05) is 5.16 Å².